The minimum atomic E-state index is -4.47. The average molecular weight is 445 g/mol. The molecule has 3 aromatic rings. The van der Waals surface area contributed by atoms with Crippen LogP contribution in [0.15, 0.2) is 49.2 Å². The summed E-state index contributed by atoms with van der Waals surface area (Å²) in [6.07, 6.45) is 0.588. The van der Waals surface area contributed by atoms with Gasteiger partial charge in [-0.05, 0) is 24.3 Å². The first-order valence-electron chi connectivity index (χ1n) is 9.60. The zero-order valence-corrected chi connectivity index (χ0v) is 16.6. The second kappa shape index (κ2) is 9.14. The number of morpholine rings is 1. The average Bonchev–Trinajstić information content (AvgIpc) is 2.80. The number of hydrogen-bond donors (Lipinski definition) is 2. The summed E-state index contributed by atoms with van der Waals surface area (Å²) in [5.41, 5.74) is -0.119. The summed E-state index contributed by atoms with van der Waals surface area (Å²) in [6, 6.07) is 5.08. The molecule has 1 fully saturated rings. The summed E-state index contributed by atoms with van der Waals surface area (Å²) in [7, 11) is 0. The lowest BCUT2D eigenvalue weighted by molar-refractivity contribution is -0.137. The van der Waals surface area contributed by atoms with Crippen LogP contribution < -0.4 is 15.5 Å². The molecule has 0 atom stereocenters. The number of aromatic nitrogens is 4. The van der Waals surface area contributed by atoms with Gasteiger partial charge in [-0.3, -0.25) is 4.79 Å². The van der Waals surface area contributed by atoms with Crippen LogP contribution in [-0.4, -0.2) is 52.1 Å². The van der Waals surface area contributed by atoms with E-state index in [1.165, 1.54) is 36.9 Å². The molecule has 1 aliphatic rings. The standard InChI is InChI=1S/C20H18F3N7O2/c21-20(22,23)14-1-2-16(26-10-14)29-17-9-13(3-4-25-17)19(31)28-15-11-24-12-27-18(15)30-5-7-32-8-6-30/h1-4,9-12H,5-8H2,(H,28,31)(H,25,26,29). The van der Waals surface area contributed by atoms with Crippen LogP contribution in [0.3, 0.4) is 0 Å². The molecule has 166 valence electrons. The van der Waals surface area contributed by atoms with Gasteiger partial charge in [0.15, 0.2) is 5.82 Å². The molecule has 0 bridgehead atoms. The van der Waals surface area contributed by atoms with Crippen LogP contribution in [0.4, 0.5) is 36.3 Å². The lowest BCUT2D eigenvalue weighted by Crippen LogP contribution is -2.37. The summed E-state index contributed by atoms with van der Waals surface area (Å²) >= 11 is 0. The van der Waals surface area contributed by atoms with E-state index in [0.717, 1.165) is 12.3 Å². The molecule has 32 heavy (non-hydrogen) atoms. The normalized spacial score (nSPS) is 14.2. The first-order valence-corrected chi connectivity index (χ1v) is 9.60. The van der Waals surface area contributed by atoms with Crippen molar-refractivity contribution in [2.24, 2.45) is 0 Å². The summed E-state index contributed by atoms with van der Waals surface area (Å²) in [5.74, 6) is 0.592. The molecule has 4 rings (SSSR count). The number of ether oxygens (including phenoxy) is 1. The molecule has 1 saturated heterocycles. The van der Waals surface area contributed by atoms with Gasteiger partial charge >= 0.3 is 6.18 Å². The van der Waals surface area contributed by atoms with E-state index in [2.05, 4.69) is 30.6 Å². The highest BCUT2D eigenvalue weighted by Gasteiger charge is 2.30. The maximum absolute atomic E-state index is 12.8. The number of rotatable bonds is 5. The van der Waals surface area contributed by atoms with Crippen LogP contribution in [0.25, 0.3) is 0 Å². The molecule has 0 aromatic carbocycles. The van der Waals surface area contributed by atoms with Gasteiger partial charge in [0.05, 0.1) is 25.0 Å². The Morgan fingerprint density at radius 1 is 1.03 bits per heavy atom. The molecule has 0 saturated carbocycles. The van der Waals surface area contributed by atoms with Gasteiger partial charge in [-0.25, -0.2) is 19.9 Å². The summed E-state index contributed by atoms with van der Waals surface area (Å²) < 4.78 is 43.4. The Morgan fingerprint density at radius 2 is 1.84 bits per heavy atom. The van der Waals surface area contributed by atoms with Crippen molar-refractivity contribution in [2.75, 3.05) is 41.8 Å². The van der Waals surface area contributed by atoms with Crippen molar-refractivity contribution in [1.82, 2.24) is 19.9 Å². The molecule has 9 nitrogen and oxygen atoms in total. The molecule has 1 amide bonds. The van der Waals surface area contributed by atoms with E-state index in [1.807, 2.05) is 4.90 Å². The fraction of sp³-hybridized carbons (Fsp3) is 0.250. The van der Waals surface area contributed by atoms with E-state index >= 15 is 0 Å². The van der Waals surface area contributed by atoms with Crippen molar-refractivity contribution >= 4 is 29.0 Å². The van der Waals surface area contributed by atoms with Gasteiger partial charge in [-0.1, -0.05) is 0 Å². The number of anilines is 4. The number of nitrogens with zero attached hydrogens (tertiary/aromatic N) is 5. The van der Waals surface area contributed by atoms with Gasteiger partial charge < -0.3 is 20.3 Å². The minimum Gasteiger partial charge on any atom is -0.378 e. The largest absolute Gasteiger partial charge is 0.417 e. The fourth-order valence-corrected chi connectivity index (χ4v) is 3.04. The zero-order chi connectivity index (χ0) is 22.6. The number of carbonyl (C=O) groups excluding carboxylic acids is 1. The summed E-state index contributed by atoms with van der Waals surface area (Å²) in [5, 5.41) is 5.59. The molecule has 0 spiro atoms. The zero-order valence-electron chi connectivity index (χ0n) is 16.6. The van der Waals surface area contributed by atoms with Crippen LogP contribution in [0, 0.1) is 0 Å². The van der Waals surface area contributed by atoms with Gasteiger partial charge in [0.1, 0.15) is 23.7 Å². The van der Waals surface area contributed by atoms with Crippen molar-refractivity contribution < 1.29 is 22.7 Å². The third-order valence-corrected chi connectivity index (χ3v) is 4.62. The van der Waals surface area contributed by atoms with E-state index in [9.17, 15) is 18.0 Å². The van der Waals surface area contributed by atoms with Crippen molar-refractivity contribution in [1.29, 1.82) is 0 Å². The number of halogens is 3. The van der Waals surface area contributed by atoms with Gasteiger partial charge in [0.25, 0.3) is 5.91 Å². The molecular weight excluding hydrogens is 427 g/mol. The summed E-state index contributed by atoms with van der Waals surface area (Å²) in [4.78, 5) is 30.9. The Kier molecular flexibility index (Phi) is 6.12. The van der Waals surface area contributed by atoms with Crippen molar-refractivity contribution in [3.05, 3.63) is 60.3 Å². The Labute approximate surface area is 180 Å². The van der Waals surface area contributed by atoms with Crippen LogP contribution in [0.1, 0.15) is 15.9 Å². The predicted octanol–water partition coefficient (Wildman–Crippen LogP) is 3.12. The smallest absolute Gasteiger partial charge is 0.378 e. The Morgan fingerprint density at radius 3 is 2.56 bits per heavy atom. The van der Waals surface area contributed by atoms with E-state index in [1.54, 1.807) is 0 Å². The lowest BCUT2D eigenvalue weighted by Gasteiger charge is -2.29. The quantitative estimate of drug-likeness (QED) is 0.617. The van der Waals surface area contributed by atoms with Crippen LogP contribution in [-0.2, 0) is 10.9 Å². The van der Waals surface area contributed by atoms with Crippen LogP contribution >= 0.6 is 0 Å². The van der Waals surface area contributed by atoms with E-state index in [0.29, 0.717) is 37.8 Å². The van der Waals surface area contributed by atoms with Crippen LogP contribution in [0.5, 0.6) is 0 Å². The highest BCUT2D eigenvalue weighted by atomic mass is 19.4. The topological polar surface area (TPSA) is 105 Å². The molecule has 0 aliphatic carbocycles. The minimum absolute atomic E-state index is 0.161. The molecule has 2 N–H and O–H groups in total. The highest BCUT2D eigenvalue weighted by Crippen LogP contribution is 2.29. The molecule has 0 radical (unpaired) electrons. The van der Waals surface area contributed by atoms with Gasteiger partial charge in [-0.15, -0.1) is 0 Å². The first kappa shape index (κ1) is 21.4. The fourth-order valence-electron chi connectivity index (χ4n) is 3.04. The molecule has 1 aliphatic heterocycles. The second-order valence-corrected chi connectivity index (χ2v) is 6.80. The molecule has 0 unspecified atom stereocenters. The van der Waals surface area contributed by atoms with Gasteiger partial charge in [0.2, 0.25) is 0 Å². The molecular formula is C20H18F3N7O2. The first-order chi connectivity index (χ1) is 15.4. The number of alkyl halides is 3. The Hall–Kier alpha value is -3.80. The van der Waals surface area contributed by atoms with Crippen molar-refractivity contribution in [3.63, 3.8) is 0 Å². The third-order valence-electron chi connectivity index (χ3n) is 4.62. The van der Waals surface area contributed by atoms with Crippen LogP contribution in [0.2, 0.25) is 0 Å². The Bertz CT molecular complexity index is 1090. The second-order valence-electron chi connectivity index (χ2n) is 6.80. The third kappa shape index (κ3) is 5.09. The summed E-state index contributed by atoms with van der Waals surface area (Å²) in [6.45, 7) is 2.41. The number of hydrogen-bond acceptors (Lipinski definition) is 8. The number of amides is 1. The molecule has 3 aromatic heterocycles. The SMILES string of the molecule is O=C(Nc1cncnc1N1CCOCC1)c1ccnc(Nc2ccc(C(F)(F)F)cn2)c1. The van der Waals surface area contributed by atoms with Gasteiger partial charge in [-0.2, -0.15) is 13.2 Å². The maximum atomic E-state index is 12.8. The monoisotopic (exact) mass is 445 g/mol. The Balaban J connectivity index is 1.47. The van der Waals surface area contributed by atoms with E-state index < -0.39 is 17.6 Å². The van der Waals surface area contributed by atoms with Crippen molar-refractivity contribution in [3.8, 4) is 0 Å². The van der Waals surface area contributed by atoms with Crippen molar-refractivity contribution in [2.45, 2.75) is 6.18 Å². The molecule has 12 heteroatoms. The number of nitrogens with one attached hydrogen (secondary N) is 2. The molecule has 4 heterocycles. The van der Waals surface area contributed by atoms with Gasteiger partial charge in [0, 0.05) is 31.0 Å². The number of pyridine rings is 2. The predicted molar refractivity (Wildman–Crippen MR) is 110 cm³/mol. The van der Waals surface area contributed by atoms with E-state index in [4.69, 9.17) is 4.74 Å². The highest BCUT2D eigenvalue weighted by molar-refractivity contribution is 6.05. The van der Waals surface area contributed by atoms with E-state index in [-0.39, 0.29) is 17.2 Å². The number of carbonyl (C=O) groups is 1. The maximum Gasteiger partial charge on any atom is 0.417 e. The lowest BCUT2D eigenvalue weighted by atomic mass is 10.2.